The van der Waals surface area contributed by atoms with Crippen LogP contribution in [-0.4, -0.2) is 16.8 Å². The van der Waals surface area contributed by atoms with Crippen molar-refractivity contribution in [2.24, 2.45) is 11.6 Å². The second-order valence-electron chi connectivity index (χ2n) is 3.91. The molecule has 0 aliphatic carbocycles. The second kappa shape index (κ2) is 6.29. The van der Waals surface area contributed by atoms with Gasteiger partial charge >= 0.3 is 0 Å². The molecule has 21 heavy (non-hydrogen) atoms. The summed E-state index contributed by atoms with van der Waals surface area (Å²) in [5.74, 6) is 3.10. The number of hydrogen-bond donors (Lipinski definition) is 3. The fraction of sp³-hybridized carbons (Fsp3) is 0.0833. The number of benzene rings is 1. The number of hydrazine groups is 1. The number of nitrogen functional groups attached to an aromatic ring is 1. The Balaban J connectivity index is 2.03. The quantitative estimate of drug-likeness (QED) is 0.423. The Labute approximate surface area is 122 Å². The number of thiazole rings is 1. The number of halogens is 1. The van der Waals surface area contributed by atoms with Gasteiger partial charge in [-0.05, 0) is 12.1 Å². The number of ether oxygens (including phenoxy) is 1. The summed E-state index contributed by atoms with van der Waals surface area (Å²) >= 11 is 1.11. The highest BCUT2D eigenvalue weighted by molar-refractivity contribution is 7.11. The lowest BCUT2D eigenvalue weighted by Gasteiger charge is -2.05. The Morgan fingerprint density at radius 3 is 2.81 bits per heavy atom. The van der Waals surface area contributed by atoms with E-state index in [9.17, 15) is 14.0 Å². The van der Waals surface area contributed by atoms with E-state index in [0.29, 0.717) is 5.69 Å². The standard InChI is InChI=1S/C12H11FN4O3S/c13-9-3-7(1-2-8(9)10(14)18)20-4-6-5-21-12(16-6)11(19)17-15/h1-3,5H,4,15H2,(H2,14,18)(H,17,19). The van der Waals surface area contributed by atoms with Crippen LogP contribution in [0.4, 0.5) is 4.39 Å². The molecule has 0 unspecified atom stereocenters. The fourth-order valence-electron chi connectivity index (χ4n) is 1.48. The largest absolute Gasteiger partial charge is 0.487 e. The van der Waals surface area contributed by atoms with Gasteiger partial charge in [0.05, 0.1) is 11.3 Å². The first kappa shape index (κ1) is 14.9. The molecule has 2 amide bonds. The molecule has 2 aromatic rings. The van der Waals surface area contributed by atoms with Gasteiger partial charge in [-0.1, -0.05) is 0 Å². The number of hydrogen-bond acceptors (Lipinski definition) is 6. The molecule has 0 saturated carbocycles. The normalized spacial score (nSPS) is 10.2. The Bertz CT molecular complexity index is 689. The summed E-state index contributed by atoms with van der Waals surface area (Å²) in [6.45, 7) is 0.0453. The van der Waals surface area contributed by atoms with E-state index in [1.165, 1.54) is 12.1 Å². The van der Waals surface area contributed by atoms with Crippen LogP contribution in [0.1, 0.15) is 25.9 Å². The molecule has 0 bridgehead atoms. The topological polar surface area (TPSA) is 120 Å². The van der Waals surface area contributed by atoms with Gasteiger partial charge in [0.2, 0.25) is 0 Å². The molecule has 1 heterocycles. The number of nitrogens with one attached hydrogen (secondary N) is 1. The van der Waals surface area contributed by atoms with E-state index in [4.69, 9.17) is 16.3 Å². The van der Waals surface area contributed by atoms with Gasteiger partial charge in [-0.15, -0.1) is 11.3 Å². The molecule has 0 saturated heterocycles. The van der Waals surface area contributed by atoms with Crippen molar-refractivity contribution >= 4 is 23.2 Å². The van der Waals surface area contributed by atoms with Crippen molar-refractivity contribution in [1.29, 1.82) is 0 Å². The van der Waals surface area contributed by atoms with Crippen molar-refractivity contribution in [1.82, 2.24) is 10.4 Å². The second-order valence-corrected chi connectivity index (χ2v) is 4.77. The molecule has 0 atom stereocenters. The number of amides is 2. The zero-order chi connectivity index (χ0) is 15.4. The van der Waals surface area contributed by atoms with E-state index in [1.54, 1.807) is 5.38 Å². The number of nitrogens with zero attached hydrogens (tertiary/aromatic N) is 1. The molecule has 110 valence electrons. The number of primary amides is 1. The van der Waals surface area contributed by atoms with E-state index >= 15 is 0 Å². The van der Waals surface area contributed by atoms with E-state index in [-0.39, 0.29) is 22.9 Å². The zero-order valence-corrected chi connectivity index (χ0v) is 11.4. The van der Waals surface area contributed by atoms with E-state index in [1.807, 2.05) is 5.43 Å². The minimum atomic E-state index is -0.851. The Kier molecular flexibility index (Phi) is 4.45. The SMILES string of the molecule is NNC(=O)c1nc(COc2ccc(C(N)=O)c(F)c2)cs1. The average Bonchev–Trinajstić information content (AvgIpc) is 2.92. The third kappa shape index (κ3) is 3.52. The van der Waals surface area contributed by atoms with Gasteiger partial charge in [0.15, 0.2) is 5.01 Å². The first-order chi connectivity index (χ1) is 10.0. The molecular formula is C12H11FN4O3S. The molecule has 0 aliphatic rings. The summed E-state index contributed by atoms with van der Waals surface area (Å²) in [5.41, 5.74) is 7.25. The average molecular weight is 310 g/mol. The maximum absolute atomic E-state index is 13.5. The molecule has 9 heteroatoms. The van der Waals surface area contributed by atoms with Crippen LogP contribution in [0.15, 0.2) is 23.6 Å². The monoisotopic (exact) mass is 310 g/mol. The number of rotatable bonds is 5. The smallest absolute Gasteiger partial charge is 0.294 e. The molecule has 0 aliphatic heterocycles. The Morgan fingerprint density at radius 2 is 2.19 bits per heavy atom. The summed E-state index contributed by atoms with van der Waals surface area (Å²) in [7, 11) is 0. The molecule has 1 aromatic heterocycles. The minimum absolute atomic E-state index is 0.0453. The molecule has 0 radical (unpaired) electrons. The van der Waals surface area contributed by atoms with Crippen LogP contribution in [0.25, 0.3) is 0 Å². The Morgan fingerprint density at radius 1 is 1.43 bits per heavy atom. The summed E-state index contributed by atoms with van der Waals surface area (Å²) in [6.07, 6.45) is 0. The van der Waals surface area contributed by atoms with Crippen LogP contribution >= 0.6 is 11.3 Å². The van der Waals surface area contributed by atoms with Gasteiger partial charge in [0.1, 0.15) is 18.2 Å². The highest BCUT2D eigenvalue weighted by atomic mass is 32.1. The van der Waals surface area contributed by atoms with Crippen molar-refractivity contribution in [2.45, 2.75) is 6.61 Å². The highest BCUT2D eigenvalue weighted by Crippen LogP contribution is 2.18. The summed E-state index contributed by atoms with van der Waals surface area (Å²) in [5, 5.41) is 1.82. The van der Waals surface area contributed by atoms with Gasteiger partial charge < -0.3 is 10.5 Å². The van der Waals surface area contributed by atoms with Crippen LogP contribution in [0.5, 0.6) is 5.75 Å². The maximum atomic E-state index is 13.5. The lowest BCUT2D eigenvalue weighted by Crippen LogP contribution is -2.29. The van der Waals surface area contributed by atoms with E-state index < -0.39 is 17.6 Å². The van der Waals surface area contributed by atoms with E-state index in [0.717, 1.165) is 17.4 Å². The molecule has 1 aromatic carbocycles. The predicted molar refractivity (Wildman–Crippen MR) is 73.0 cm³/mol. The van der Waals surface area contributed by atoms with Crippen molar-refractivity contribution in [3.05, 3.63) is 45.7 Å². The molecule has 5 N–H and O–H groups in total. The zero-order valence-electron chi connectivity index (χ0n) is 10.6. The summed E-state index contributed by atoms with van der Waals surface area (Å²) in [4.78, 5) is 26.1. The van der Waals surface area contributed by atoms with Crippen LogP contribution < -0.4 is 21.7 Å². The third-order valence-electron chi connectivity index (χ3n) is 2.47. The predicted octanol–water partition coefficient (Wildman–Crippen LogP) is 0.564. The lowest BCUT2D eigenvalue weighted by atomic mass is 10.2. The highest BCUT2D eigenvalue weighted by Gasteiger charge is 2.11. The first-order valence-corrected chi connectivity index (χ1v) is 6.56. The van der Waals surface area contributed by atoms with Crippen molar-refractivity contribution in [3.63, 3.8) is 0 Å². The fourth-order valence-corrected chi connectivity index (χ4v) is 2.19. The van der Waals surface area contributed by atoms with Gasteiger partial charge in [-0.25, -0.2) is 15.2 Å². The summed E-state index contributed by atoms with van der Waals surface area (Å²) in [6, 6.07) is 3.71. The van der Waals surface area contributed by atoms with Gasteiger partial charge in [-0.3, -0.25) is 15.0 Å². The van der Waals surface area contributed by atoms with Crippen LogP contribution in [-0.2, 0) is 6.61 Å². The van der Waals surface area contributed by atoms with Crippen LogP contribution in [0.2, 0.25) is 0 Å². The molecule has 2 rings (SSSR count). The number of nitrogens with two attached hydrogens (primary N) is 2. The molecule has 0 spiro atoms. The van der Waals surface area contributed by atoms with Gasteiger partial charge in [0, 0.05) is 11.4 Å². The van der Waals surface area contributed by atoms with Crippen molar-refractivity contribution < 1.29 is 18.7 Å². The number of carbonyl (C=O) groups is 2. The van der Waals surface area contributed by atoms with Gasteiger partial charge in [0.25, 0.3) is 11.8 Å². The summed E-state index contributed by atoms with van der Waals surface area (Å²) < 4.78 is 18.8. The molecule has 0 fully saturated rings. The van der Waals surface area contributed by atoms with Crippen LogP contribution in [0.3, 0.4) is 0 Å². The maximum Gasteiger partial charge on any atom is 0.294 e. The minimum Gasteiger partial charge on any atom is -0.487 e. The number of aromatic nitrogens is 1. The van der Waals surface area contributed by atoms with Gasteiger partial charge in [-0.2, -0.15) is 0 Å². The molecule has 7 nitrogen and oxygen atoms in total. The van der Waals surface area contributed by atoms with Crippen molar-refractivity contribution in [2.75, 3.05) is 0 Å². The van der Waals surface area contributed by atoms with Crippen molar-refractivity contribution in [3.8, 4) is 5.75 Å². The first-order valence-electron chi connectivity index (χ1n) is 5.68. The third-order valence-corrected chi connectivity index (χ3v) is 3.36. The van der Waals surface area contributed by atoms with E-state index in [2.05, 4.69) is 4.98 Å². The number of carbonyl (C=O) groups excluding carboxylic acids is 2. The Hall–Kier alpha value is -2.52. The lowest BCUT2D eigenvalue weighted by molar-refractivity contribution is 0.0951. The van der Waals surface area contributed by atoms with Crippen LogP contribution in [0, 0.1) is 5.82 Å². The molecular weight excluding hydrogens is 299 g/mol.